The molecule has 0 saturated carbocycles. The molecule has 0 bridgehead atoms. The standard InChI is InChI=1S/C14H16F3NO/c15-14(16,17)12-5-3-10(4-6-12)8-13(19)11-2-1-7-18-9-11/h3-6,11,18H,1-2,7-9H2. The molecule has 5 heteroatoms. The Labute approximate surface area is 110 Å². The number of hydrogen-bond donors (Lipinski definition) is 1. The number of Topliss-reactive ketones (excluding diaryl/α,β-unsaturated/α-hetero) is 1. The van der Waals surface area contributed by atoms with E-state index >= 15 is 0 Å². The lowest BCUT2D eigenvalue weighted by Gasteiger charge is -2.21. The lowest BCUT2D eigenvalue weighted by molar-refractivity contribution is -0.137. The molecule has 1 N–H and O–H groups in total. The fraction of sp³-hybridized carbons (Fsp3) is 0.500. The first-order valence-corrected chi connectivity index (χ1v) is 6.36. The molecule has 1 aromatic rings. The van der Waals surface area contributed by atoms with Crippen molar-refractivity contribution in [2.75, 3.05) is 13.1 Å². The van der Waals surface area contributed by atoms with Crippen molar-refractivity contribution < 1.29 is 18.0 Å². The van der Waals surface area contributed by atoms with Crippen molar-refractivity contribution in [1.82, 2.24) is 5.32 Å². The van der Waals surface area contributed by atoms with Crippen molar-refractivity contribution in [3.8, 4) is 0 Å². The summed E-state index contributed by atoms with van der Waals surface area (Å²) in [7, 11) is 0. The molecule has 0 aromatic heterocycles. The first-order valence-electron chi connectivity index (χ1n) is 6.36. The van der Waals surface area contributed by atoms with Crippen LogP contribution in [0.5, 0.6) is 0 Å². The zero-order valence-corrected chi connectivity index (χ0v) is 10.5. The third-order valence-corrected chi connectivity index (χ3v) is 3.41. The average Bonchev–Trinajstić information content (AvgIpc) is 2.39. The summed E-state index contributed by atoms with van der Waals surface area (Å²) in [6.07, 6.45) is -2.27. The predicted molar refractivity (Wildman–Crippen MR) is 65.7 cm³/mol. The number of halogens is 3. The molecule has 1 unspecified atom stereocenters. The minimum absolute atomic E-state index is 0.00366. The molecule has 1 fully saturated rings. The molecule has 1 atom stereocenters. The average molecular weight is 271 g/mol. The highest BCUT2D eigenvalue weighted by atomic mass is 19.4. The van der Waals surface area contributed by atoms with E-state index in [1.54, 1.807) is 0 Å². The summed E-state index contributed by atoms with van der Waals surface area (Å²) in [6.45, 7) is 1.61. The van der Waals surface area contributed by atoms with Gasteiger partial charge in [0.25, 0.3) is 0 Å². The molecule has 0 spiro atoms. The van der Waals surface area contributed by atoms with Gasteiger partial charge in [-0.25, -0.2) is 0 Å². The van der Waals surface area contributed by atoms with Crippen LogP contribution in [0.4, 0.5) is 13.2 Å². The third-order valence-electron chi connectivity index (χ3n) is 3.41. The van der Waals surface area contributed by atoms with Crippen molar-refractivity contribution in [2.24, 2.45) is 5.92 Å². The molecule has 2 nitrogen and oxygen atoms in total. The maximum absolute atomic E-state index is 12.4. The number of ketones is 1. The van der Waals surface area contributed by atoms with E-state index in [4.69, 9.17) is 0 Å². The first kappa shape index (κ1) is 14.1. The second-order valence-electron chi connectivity index (χ2n) is 4.88. The molecule has 2 rings (SSSR count). The van der Waals surface area contributed by atoms with Crippen LogP contribution >= 0.6 is 0 Å². The summed E-state index contributed by atoms with van der Waals surface area (Å²) in [6, 6.07) is 4.83. The number of piperidine rings is 1. The summed E-state index contributed by atoms with van der Waals surface area (Å²) in [4.78, 5) is 12.0. The Balaban J connectivity index is 1.97. The fourth-order valence-corrected chi connectivity index (χ4v) is 2.28. The molecular formula is C14H16F3NO. The molecule has 0 radical (unpaired) electrons. The van der Waals surface area contributed by atoms with Gasteiger partial charge in [0.15, 0.2) is 0 Å². The van der Waals surface area contributed by atoms with Crippen LogP contribution in [0.2, 0.25) is 0 Å². The van der Waals surface area contributed by atoms with E-state index in [1.807, 2.05) is 0 Å². The first-order chi connectivity index (χ1) is 8.97. The highest BCUT2D eigenvalue weighted by Crippen LogP contribution is 2.29. The molecular weight excluding hydrogens is 255 g/mol. The SMILES string of the molecule is O=C(Cc1ccc(C(F)(F)F)cc1)C1CCCNC1. The van der Waals surface area contributed by atoms with Gasteiger partial charge in [-0.15, -0.1) is 0 Å². The molecule has 1 saturated heterocycles. The zero-order chi connectivity index (χ0) is 13.9. The van der Waals surface area contributed by atoms with Crippen LogP contribution < -0.4 is 5.32 Å². The number of hydrogen-bond acceptors (Lipinski definition) is 2. The Kier molecular flexibility index (Phi) is 4.24. The quantitative estimate of drug-likeness (QED) is 0.916. The van der Waals surface area contributed by atoms with Crippen LogP contribution in [0.15, 0.2) is 24.3 Å². The lowest BCUT2D eigenvalue weighted by atomic mass is 9.91. The van der Waals surface area contributed by atoms with Crippen LogP contribution in [0.25, 0.3) is 0 Å². The van der Waals surface area contributed by atoms with Crippen molar-refractivity contribution >= 4 is 5.78 Å². The van der Waals surface area contributed by atoms with Gasteiger partial charge in [0.05, 0.1) is 5.56 Å². The fourth-order valence-electron chi connectivity index (χ4n) is 2.28. The number of rotatable bonds is 3. The number of benzene rings is 1. The van der Waals surface area contributed by atoms with Gasteiger partial charge in [0.2, 0.25) is 0 Å². The van der Waals surface area contributed by atoms with E-state index in [1.165, 1.54) is 12.1 Å². The van der Waals surface area contributed by atoms with Crippen LogP contribution in [0.3, 0.4) is 0 Å². The van der Waals surface area contributed by atoms with Gasteiger partial charge in [-0.2, -0.15) is 13.2 Å². The maximum Gasteiger partial charge on any atom is 0.416 e. The topological polar surface area (TPSA) is 29.1 Å². The Morgan fingerprint density at radius 2 is 1.95 bits per heavy atom. The summed E-state index contributed by atoms with van der Waals surface area (Å²) in [5.41, 5.74) is -0.0356. The maximum atomic E-state index is 12.4. The van der Waals surface area contributed by atoms with Crippen molar-refractivity contribution in [3.05, 3.63) is 35.4 Å². The van der Waals surface area contributed by atoms with E-state index in [0.29, 0.717) is 12.1 Å². The molecule has 1 aliphatic rings. The zero-order valence-electron chi connectivity index (χ0n) is 10.5. The molecule has 0 aliphatic carbocycles. The second kappa shape index (κ2) is 5.74. The van der Waals surface area contributed by atoms with Crippen molar-refractivity contribution in [3.63, 3.8) is 0 Å². The summed E-state index contributed by atoms with van der Waals surface area (Å²) < 4.78 is 37.2. The number of carbonyl (C=O) groups is 1. The molecule has 1 aliphatic heterocycles. The van der Waals surface area contributed by atoms with Crippen LogP contribution in [-0.2, 0) is 17.4 Å². The molecule has 104 valence electrons. The predicted octanol–water partition coefficient (Wildman–Crippen LogP) is 2.82. The summed E-state index contributed by atoms with van der Waals surface area (Å²) in [5.74, 6) is 0.100. The highest BCUT2D eigenvalue weighted by Gasteiger charge is 2.30. The van der Waals surface area contributed by atoms with Crippen LogP contribution in [-0.4, -0.2) is 18.9 Å². The molecule has 1 aromatic carbocycles. The number of alkyl halides is 3. The minimum Gasteiger partial charge on any atom is -0.316 e. The van der Waals surface area contributed by atoms with Gasteiger partial charge >= 0.3 is 6.18 Å². The third kappa shape index (κ3) is 3.80. The molecule has 19 heavy (non-hydrogen) atoms. The Hall–Kier alpha value is -1.36. The molecule has 1 heterocycles. The van der Waals surface area contributed by atoms with Gasteiger partial charge in [0, 0.05) is 18.9 Å². The Morgan fingerprint density at radius 3 is 2.47 bits per heavy atom. The van der Waals surface area contributed by atoms with Gasteiger partial charge < -0.3 is 5.32 Å². The van der Waals surface area contributed by atoms with Crippen LogP contribution in [0, 0.1) is 5.92 Å². The summed E-state index contributed by atoms with van der Waals surface area (Å²) >= 11 is 0. The largest absolute Gasteiger partial charge is 0.416 e. The van der Waals surface area contributed by atoms with Gasteiger partial charge in [-0.3, -0.25) is 4.79 Å². The number of nitrogens with one attached hydrogen (secondary N) is 1. The highest BCUT2D eigenvalue weighted by molar-refractivity contribution is 5.83. The number of carbonyl (C=O) groups excluding carboxylic acids is 1. The summed E-state index contributed by atoms with van der Waals surface area (Å²) in [5, 5.41) is 3.16. The Morgan fingerprint density at radius 1 is 1.26 bits per heavy atom. The Bertz CT molecular complexity index is 433. The molecule has 0 amide bonds. The van der Waals surface area contributed by atoms with Gasteiger partial charge in [-0.05, 0) is 37.1 Å². The van der Waals surface area contributed by atoms with E-state index in [-0.39, 0.29) is 18.1 Å². The van der Waals surface area contributed by atoms with Crippen LogP contribution in [0.1, 0.15) is 24.0 Å². The normalized spacial score (nSPS) is 20.3. The second-order valence-corrected chi connectivity index (χ2v) is 4.88. The van der Waals surface area contributed by atoms with E-state index < -0.39 is 11.7 Å². The van der Waals surface area contributed by atoms with E-state index in [9.17, 15) is 18.0 Å². The lowest BCUT2D eigenvalue weighted by Crippen LogP contribution is -2.35. The van der Waals surface area contributed by atoms with Gasteiger partial charge in [-0.1, -0.05) is 12.1 Å². The minimum atomic E-state index is -4.32. The van der Waals surface area contributed by atoms with Crippen molar-refractivity contribution in [2.45, 2.75) is 25.4 Å². The van der Waals surface area contributed by atoms with E-state index in [0.717, 1.165) is 31.5 Å². The monoisotopic (exact) mass is 271 g/mol. The smallest absolute Gasteiger partial charge is 0.316 e. The van der Waals surface area contributed by atoms with Crippen molar-refractivity contribution in [1.29, 1.82) is 0 Å². The van der Waals surface area contributed by atoms with E-state index in [2.05, 4.69) is 5.32 Å². The van der Waals surface area contributed by atoms with Gasteiger partial charge in [0.1, 0.15) is 5.78 Å².